The van der Waals surface area contributed by atoms with Crippen LogP contribution in [0, 0.1) is 0 Å². The summed E-state index contributed by atoms with van der Waals surface area (Å²) in [4.78, 5) is 21.8. The first kappa shape index (κ1) is 11.2. The Labute approximate surface area is 88.0 Å². The number of aromatic hydroxyl groups is 1. The molecule has 0 heterocycles. The smallest absolute Gasteiger partial charge is 0.163 e. The second kappa shape index (κ2) is 5.10. The number of hydrogen-bond donors (Lipinski definition) is 1. The van der Waals surface area contributed by atoms with Crippen LogP contribution >= 0.6 is 0 Å². The fraction of sp³-hybridized carbons (Fsp3) is 0.167. The number of carbonyl (C=O) groups excluding carboxylic acids is 2. The molecule has 1 aromatic rings. The maximum Gasteiger partial charge on any atom is 0.163 e. The Morgan fingerprint density at radius 2 is 1.87 bits per heavy atom. The minimum Gasteiger partial charge on any atom is -0.508 e. The minimum atomic E-state index is -0.212. The third-order valence-electron chi connectivity index (χ3n) is 1.78. The van der Waals surface area contributed by atoms with Crippen LogP contribution in [-0.4, -0.2) is 16.7 Å². The highest BCUT2D eigenvalue weighted by Gasteiger charge is 2.00. The van der Waals surface area contributed by atoms with E-state index in [9.17, 15) is 9.59 Å². The van der Waals surface area contributed by atoms with E-state index in [1.807, 2.05) is 0 Å². The highest BCUT2D eigenvalue weighted by Crippen LogP contribution is 2.10. The number of rotatable bonds is 4. The van der Waals surface area contributed by atoms with Crippen LogP contribution in [0.15, 0.2) is 30.3 Å². The van der Waals surface area contributed by atoms with E-state index < -0.39 is 0 Å². The van der Waals surface area contributed by atoms with Gasteiger partial charge in [-0.25, -0.2) is 0 Å². The van der Waals surface area contributed by atoms with E-state index >= 15 is 0 Å². The second-order valence-corrected chi connectivity index (χ2v) is 3.27. The Balaban J connectivity index is 2.61. The zero-order chi connectivity index (χ0) is 11.3. The molecular weight excluding hydrogens is 192 g/mol. The predicted octanol–water partition coefficient (Wildman–Crippen LogP) is 1.95. The molecule has 0 fully saturated rings. The normalized spacial score (nSPS) is 10.5. The van der Waals surface area contributed by atoms with Crippen molar-refractivity contribution in [2.75, 3.05) is 0 Å². The molecule has 0 atom stereocenters. The summed E-state index contributed by atoms with van der Waals surface area (Å²) in [6, 6.07) is 6.45. The van der Waals surface area contributed by atoms with Gasteiger partial charge in [-0.05, 0) is 30.7 Å². The summed E-state index contributed by atoms with van der Waals surface area (Å²) in [7, 11) is 0. The molecule has 0 aliphatic heterocycles. The predicted molar refractivity (Wildman–Crippen MR) is 57.4 cm³/mol. The van der Waals surface area contributed by atoms with E-state index in [0.29, 0.717) is 0 Å². The third kappa shape index (κ3) is 4.22. The van der Waals surface area contributed by atoms with Gasteiger partial charge in [-0.1, -0.05) is 18.2 Å². The molecule has 3 nitrogen and oxygen atoms in total. The fourth-order valence-electron chi connectivity index (χ4n) is 1.08. The van der Waals surface area contributed by atoms with Gasteiger partial charge in [0.25, 0.3) is 0 Å². The molecule has 15 heavy (non-hydrogen) atoms. The third-order valence-corrected chi connectivity index (χ3v) is 1.78. The van der Waals surface area contributed by atoms with Gasteiger partial charge in [0.15, 0.2) is 5.78 Å². The van der Waals surface area contributed by atoms with Crippen LogP contribution in [0.5, 0.6) is 5.75 Å². The zero-order valence-corrected chi connectivity index (χ0v) is 8.43. The molecule has 0 amide bonds. The number of ketones is 2. The number of allylic oxidation sites excluding steroid dienone is 1. The second-order valence-electron chi connectivity index (χ2n) is 3.27. The van der Waals surface area contributed by atoms with Crippen LogP contribution < -0.4 is 0 Å². The van der Waals surface area contributed by atoms with Crippen LogP contribution in [0.4, 0.5) is 0 Å². The number of carbonyl (C=O) groups is 2. The number of hydrogen-bond acceptors (Lipinski definition) is 3. The summed E-state index contributed by atoms with van der Waals surface area (Å²) in [5.74, 6) is -0.173. The summed E-state index contributed by atoms with van der Waals surface area (Å²) < 4.78 is 0. The fourth-order valence-corrected chi connectivity index (χ4v) is 1.08. The molecule has 0 saturated heterocycles. The first-order valence-electron chi connectivity index (χ1n) is 4.57. The first-order chi connectivity index (χ1) is 7.08. The highest BCUT2D eigenvalue weighted by atomic mass is 16.3. The molecule has 78 valence electrons. The van der Waals surface area contributed by atoms with Gasteiger partial charge >= 0.3 is 0 Å². The van der Waals surface area contributed by atoms with Crippen LogP contribution in [0.2, 0.25) is 0 Å². The summed E-state index contributed by atoms with van der Waals surface area (Å²) in [6.07, 6.45) is 2.92. The number of phenolic OH excluding ortho intramolecular Hbond substituents is 1. The average molecular weight is 204 g/mol. The lowest BCUT2D eigenvalue weighted by atomic mass is 10.1. The molecule has 1 N–H and O–H groups in total. The summed E-state index contributed by atoms with van der Waals surface area (Å²) >= 11 is 0. The van der Waals surface area contributed by atoms with Gasteiger partial charge in [0.05, 0.1) is 6.42 Å². The monoisotopic (exact) mass is 204 g/mol. The van der Waals surface area contributed by atoms with E-state index in [1.165, 1.54) is 25.1 Å². The van der Waals surface area contributed by atoms with Crippen LogP contribution in [0.25, 0.3) is 6.08 Å². The molecule has 0 aromatic heterocycles. The molecule has 1 aromatic carbocycles. The van der Waals surface area contributed by atoms with Crippen LogP contribution in [-0.2, 0) is 9.59 Å². The first-order valence-corrected chi connectivity index (χ1v) is 4.57. The topological polar surface area (TPSA) is 54.4 Å². The van der Waals surface area contributed by atoms with Crippen LogP contribution in [0.3, 0.4) is 0 Å². The van der Waals surface area contributed by atoms with Crippen molar-refractivity contribution in [1.29, 1.82) is 0 Å². The van der Waals surface area contributed by atoms with Gasteiger partial charge in [0, 0.05) is 0 Å². The largest absolute Gasteiger partial charge is 0.508 e. The van der Waals surface area contributed by atoms with E-state index in [-0.39, 0.29) is 23.7 Å². The van der Waals surface area contributed by atoms with Gasteiger partial charge < -0.3 is 5.11 Å². The number of benzene rings is 1. The number of phenols is 1. The lowest BCUT2D eigenvalue weighted by Gasteiger charge is -1.93. The standard InChI is InChI=1S/C12H12O3/c1-9(13)8-12(15)7-4-10-2-5-11(14)6-3-10/h2-7,14H,8H2,1H3. The SMILES string of the molecule is CC(=O)CC(=O)C=Cc1ccc(O)cc1. The van der Waals surface area contributed by atoms with Crippen molar-refractivity contribution in [2.24, 2.45) is 0 Å². The molecule has 3 heteroatoms. The van der Waals surface area contributed by atoms with Crippen molar-refractivity contribution in [1.82, 2.24) is 0 Å². The van der Waals surface area contributed by atoms with Crippen LogP contribution in [0.1, 0.15) is 18.9 Å². The maximum absolute atomic E-state index is 11.1. The average Bonchev–Trinajstić information content (AvgIpc) is 2.16. The molecule has 0 saturated carbocycles. The molecule has 1 rings (SSSR count). The Bertz CT molecular complexity index is 388. The van der Waals surface area contributed by atoms with Gasteiger partial charge in [0.2, 0.25) is 0 Å². The van der Waals surface area contributed by atoms with E-state index in [0.717, 1.165) is 5.56 Å². The van der Waals surface area contributed by atoms with Crippen molar-refractivity contribution in [3.63, 3.8) is 0 Å². The molecule has 0 bridgehead atoms. The lowest BCUT2D eigenvalue weighted by molar-refractivity contribution is -0.123. The molecule has 0 aliphatic rings. The lowest BCUT2D eigenvalue weighted by Crippen LogP contribution is -1.99. The van der Waals surface area contributed by atoms with E-state index in [2.05, 4.69) is 0 Å². The van der Waals surface area contributed by atoms with Crippen molar-refractivity contribution < 1.29 is 14.7 Å². The van der Waals surface area contributed by atoms with E-state index in [1.54, 1.807) is 18.2 Å². The van der Waals surface area contributed by atoms with Gasteiger partial charge in [-0.15, -0.1) is 0 Å². The van der Waals surface area contributed by atoms with E-state index in [4.69, 9.17) is 5.11 Å². The molecule has 0 radical (unpaired) electrons. The summed E-state index contributed by atoms with van der Waals surface area (Å²) in [5, 5.41) is 9.02. The van der Waals surface area contributed by atoms with Crippen molar-refractivity contribution in [3.05, 3.63) is 35.9 Å². The molecule has 0 unspecified atom stereocenters. The number of Topliss-reactive ketones (excluding diaryl/α,β-unsaturated/α-hetero) is 1. The Hall–Kier alpha value is -1.90. The Morgan fingerprint density at radius 3 is 2.40 bits per heavy atom. The minimum absolute atomic E-state index is 0.0609. The van der Waals surface area contributed by atoms with Gasteiger partial charge in [-0.3, -0.25) is 9.59 Å². The van der Waals surface area contributed by atoms with Crippen molar-refractivity contribution in [3.8, 4) is 5.75 Å². The molecule has 0 aliphatic carbocycles. The summed E-state index contributed by atoms with van der Waals surface area (Å²) in [5.41, 5.74) is 0.810. The Morgan fingerprint density at radius 1 is 1.27 bits per heavy atom. The highest BCUT2D eigenvalue weighted by molar-refractivity contribution is 6.05. The van der Waals surface area contributed by atoms with Crippen molar-refractivity contribution >= 4 is 17.6 Å². The van der Waals surface area contributed by atoms with Gasteiger partial charge in [0.1, 0.15) is 11.5 Å². The van der Waals surface area contributed by atoms with Crippen molar-refractivity contribution in [2.45, 2.75) is 13.3 Å². The quantitative estimate of drug-likeness (QED) is 0.602. The van der Waals surface area contributed by atoms with Gasteiger partial charge in [-0.2, -0.15) is 0 Å². The zero-order valence-electron chi connectivity index (χ0n) is 8.43. The molecular formula is C12H12O3. The maximum atomic E-state index is 11.1. The molecule has 0 spiro atoms. The Kier molecular flexibility index (Phi) is 3.80. The summed E-state index contributed by atoms with van der Waals surface area (Å²) in [6.45, 7) is 1.38.